The summed E-state index contributed by atoms with van der Waals surface area (Å²) in [4.78, 5) is 17.6. The number of amides is 2. The Morgan fingerprint density at radius 1 is 1.32 bits per heavy atom. The first kappa shape index (κ1) is 17.3. The summed E-state index contributed by atoms with van der Waals surface area (Å²) in [5.41, 5.74) is 3.09. The molecular formula is C18H18ClN3O3. The Kier molecular flexibility index (Phi) is 4.65. The van der Waals surface area contributed by atoms with Gasteiger partial charge in [0, 0.05) is 18.8 Å². The number of aromatic nitrogens is 1. The summed E-state index contributed by atoms with van der Waals surface area (Å²) in [5.74, 6) is 0.917. The minimum absolute atomic E-state index is 0.330. The van der Waals surface area contributed by atoms with Crippen LogP contribution in [0.1, 0.15) is 18.1 Å². The van der Waals surface area contributed by atoms with E-state index >= 15 is 0 Å². The van der Waals surface area contributed by atoms with Crippen molar-refractivity contribution in [2.24, 2.45) is 0 Å². The quantitative estimate of drug-likeness (QED) is 0.879. The van der Waals surface area contributed by atoms with Gasteiger partial charge in [-0.25, -0.2) is 9.78 Å². The lowest BCUT2D eigenvalue weighted by molar-refractivity contribution is 0.152. The highest BCUT2D eigenvalue weighted by molar-refractivity contribution is 6.31. The van der Waals surface area contributed by atoms with Crippen LogP contribution in [0.2, 0.25) is 5.02 Å². The van der Waals surface area contributed by atoms with E-state index in [0.29, 0.717) is 27.9 Å². The van der Waals surface area contributed by atoms with E-state index in [4.69, 9.17) is 16.3 Å². The lowest BCUT2D eigenvalue weighted by atomic mass is 9.99. The van der Waals surface area contributed by atoms with Crippen LogP contribution in [0.4, 0.5) is 4.79 Å². The molecule has 0 aliphatic carbocycles. The van der Waals surface area contributed by atoms with Crippen molar-refractivity contribution in [3.63, 3.8) is 0 Å². The van der Waals surface area contributed by atoms with Gasteiger partial charge in [-0.3, -0.25) is 4.90 Å². The number of halogens is 1. The zero-order chi connectivity index (χ0) is 18.1. The lowest BCUT2D eigenvalue weighted by Gasteiger charge is -2.32. The van der Waals surface area contributed by atoms with E-state index in [1.165, 1.54) is 4.90 Å². The Labute approximate surface area is 150 Å². The monoisotopic (exact) mass is 359 g/mol. The van der Waals surface area contributed by atoms with Gasteiger partial charge in [0.1, 0.15) is 10.8 Å². The number of hydrogen-bond donors (Lipinski definition) is 2. The predicted octanol–water partition coefficient (Wildman–Crippen LogP) is 3.54. The molecule has 1 aliphatic rings. The van der Waals surface area contributed by atoms with Crippen molar-refractivity contribution in [1.82, 2.24) is 15.2 Å². The minimum Gasteiger partial charge on any atom is -0.438 e. The van der Waals surface area contributed by atoms with Crippen molar-refractivity contribution in [1.29, 1.82) is 0 Å². The average molecular weight is 360 g/mol. The second-order valence-corrected chi connectivity index (χ2v) is 6.22. The molecule has 1 aliphatic heterocycles. The molecule has 0 saturated heterocycles. The third-order valence-electron chi connectivity index (χ3n) is 4.08. The van der Waals surface area contributed by atoms with Gasteiger partial charge in [0.05, 0.1) is 5.70 Å². The largest absolute Gasteiger partial charge is 0.438 e. The number of nitrogens with one attached hydrogen (secondary N) is 1. The minimum atomic E-state index is -0.999. The first-order chi connectivity index (χ1) is 11.9. The number of aliphatic hydroxyl groups excluding tert-OH is 1. The molecule has 1 unspecified atom stereocenters. The van der Waals surface area contributed by atoms with Crippen molar-refractivity contribution in [2.45, 2.75) is 20.1 Å². The van der Waals surface area contributed by atoms with Gasteiger partial charge < -0.3 is 15.2 Å². The number of ether oxygens (including phenoxy) is 1. The molecule has 130 valence electrons. The molecule has 7 heteroatoms. The van der Waals surface area contributed by atoms with E-state index in [9.17, 15) is 9.90 Å². The number of rotatable bonds is 3. The molecule has 0 fully saturated rings. The average Bonchev–Trinajstić information content (AvgIpc) is 2.57. The maximum absolute atomic E-state index is 12.0. The SMILES string of the molecule is CC1=C(c2ccc(Oc3ncccc3Cl)cc2C)N(C)C(=O)NC1O. The molecule has 1 aromatic carbocycles. The highest BCUT2D eigenvalue weighted by Gasteiger charge is 2.28. The number of urea groups is 1. The van der Waals surface area contributed by atoms with Crippen molar-refractivity contribution < 1.29 is 14.6 Å². The van der Waals surface area contributed by atoms with Gasteiger partial charge in [0.15, 0.2) is 6.23 Å². The molecule has 3 rings (SSSR count). The van der Waals surface area contributed by atoms with Crippen LogP contribution in [0.5, 0.6) is 11.6 Å². The van der Waals surface area contributed by atoms with Gasteiger partial charge in [-0.2, -0.15) is 0 Å². The topological polar surface area (TPSA) is 74.7 Å². The normalized spacial score (nSPS) is 17.6. The lowest BCUT2D eigenvalue weighted by Crippen LogP contribution is -2.48. The van der Waals surface area contributed by atoms with Crippen molar-refractivity contribution in [3.05, 3.63) is 58.3 Å². The number of aryl methyl sites for hydroxylation is 1. The Bertz CT molecular complexity index is 866. The summed E-state index contributed by atoms with van der Waals surface area (Å²) in [5, 5.41) is 12.9. The summed E-state index contributed by atoms with van der Waals surface area (Å²) in [6.07, 6.45) is 0.606. The summed E-state index contributed by atoms with van der Waals surface area (Å²) in [6, 6.07) is 8.55. The molecule has 1 atom stereocenters. The number of hydrogen-bond acceptors (Lipinski definition) is 4. The Balaban J connectivity index is 1.96. The van der Waals surface area contributed by atoms with E-state index in [1.807, 2.05) is 19.1 Å². The van der Waals surface area contributed by atoms with Crippen LogP contribution < -0.4 is 10.1 Å². The standard InChI is InChI=1S/C18H18ClN3O3/c1-10-9-12(25-17-14(19)5-4-8-20-17)6-7-13(10)15-11(2)16(23)21-18(24)22(15)3/h4-9,16,23H,1-3H3,(H,21,24). The Morgan fingerprint density at radius 2 is 2.08 bits per heavy atom. The van der Waals surface area contributed by atoms with Crippen LogP contribution in [0.3, 0.4) is 0 Å². The van der Waals surface area contributed by atoms with Crippen LogP contribution in [-0.4, -0.2) is 34.3 Å². The van der Waals surface area contributed by atoms with E-state index in [-0.39, 0.29) is 6.03 Å². The molecule has 6 nitrogen and oxygen atoms in total. The van der Waals surface area contributed by atoms with Crippen molar-refractivity contribution >= 4 is 23.3 Å². The fourth-order valence-corrected chi connectivity index (χ4v) is 2.89. The smallest absolute Gasteiger partial charge is 0.323 e. The second-order valence-electron chi connectivity index (χ2n) is 5.81. The molecule has 2 amide bonds. The van der Waals surface area contributed by atoms with Gasteiger partial charge >= 0.3 is 6.03 Å². The molecule has 0 spiro atoms. The van der Waals surface area contributed by atoms with E-state index in [1.54, 1.807) is 38.4 Å². The maximum Gasteiger partial charge on any atom is 0.323 e. The molecule has 0 saturated carbocycles. The predicted molar refractivity (Wildman–Crippen MR) is 95.4 cm³/mol. The first-order valence-corrected chi connectivity index (χ1v) is 8.08. The number of carbonyl (C=O) groups is 1. The number of aliphatic hydroxyl groups is 1. The van der Waals surface area contributed by atoms with Crippen LogP contribution in [0.25, 0.3) is 5.70 Å². The van der Waals surface area contributed by atoms with E-state index < -0.39 is 6.23 Å². The maximum atomic E-state index is 12.0. The zero-order valence-corrected chi connectivity index (χ0v) is 14.8. The van der Waals surface area contributed by atoms with Crippen LogP contribution in [-0.2, 0) is 0 Å². The Hall–Kier alpha value is -2.57. The van der Waals surface area contributed by atoms with Crippen LogP contribution >= 0.6 is 11.6 Å². The van der Waals surface area contributed by atoms with E-state index in [0.717, 1.165) is 11.1 Å². The van der Waals surface area contributed by atoms with Gasteiger partial charge in [-0.15, -0.1) is 0 Å². The summed E-state index contributed by atoms with van der Waals surface area (Å²) < 4.78 is 5.73. The summed E-state index contributed by atoms with van der Waals surface area (Å²) in [6.45, 7) is 3.70. The first-order valence-electron chi connectivity index (χ1n) is 7.71. The number of pyridine rings is 1. The summed E-state index contributed by atoms with van der Waals surface area (Å²) in [7, 11) is 1.66. The van der Waals surface area contributed by atoms with Gasteiger partial charge in [-0.05, 0) is 55.3 Å². The van der Waals surface area contributed by atoms with Crippen LogP contribution in [0.15, 0.2) is 42.1 Å². The second kappa shape index (κ2) is 6.74. The molecule has 1 aromatic heterocycles. The van der Waals surface area contributed by atoms with Gasteiger partial charge in [0.25, 0.3) is 0 Å². The summed E-state index contributed by atoms with van der Waals surface area (Å²) >= 11 is 6.06. The molecule has 0 bridgehead atoms. The fourth-order valence-electron chi connectivity index (χ4n) is 2.73. The van der Waals surface area contributed by atoms with E-state index in [2.05, 4.69) is 10.3 Å². The number of benzene rings is 1. The molecule has 2 heterocycles. The third kappa shape index (κ3) is 3.31. The van der Waals surface area contributed by atoms with Gasteiger partial charge in [0.2, 0.25) is 5.88 Å². The van der Waals surface area contributed by atoms with Crippen molar-refractivity contribution in [3.8, 4) is 11.6 Å². The Morgan fingerprint density at radius 3 is 2.76 bits per heavy atom. The molecule has 2 aromatic rings. The third-order valence-corrected chi connectivity index (χ3v) is 4.36. The van der Waals surface area contributed by atoms with Gasteiger partial charge in [-0.1, -0.05) is 11.6 Å². The molecular weight excluding hydrogens is 342 g/mol. The fraction of sp³-hybridized carbons (Fsp3) is 0.222. The zero-order valence-electron chi connectivity index (χ0n) is 14.1. The number of carbonyl (C=O) groups excluding carboxylic acids is 1. The molecule has 25 heavy (non-hydrogen) atoms. The number of nitrogens with zero attached hydrogens (tertiary/aromatic N) is 2. The van der Waals surface area contributed by atoms with Crippen LogP contribution in [0, 0.1) is 6.92 Å². The molecule has 0 radical (unpaired) electrons. The highest BCUT2D eigenvalue weighted by Crippen LogP contribution is 2.33. The molecule has 2 N–H and O–H groups in total. The highest BCUT2D eigenvalue weighted by atomic mass is 35.5. The van der Waals surface area contributed by atoms with Crippen molar-refractivity contribution in [2.75, 3.05) is 7.05 Å².